The summed E-state index contributed by atoms with van der Waals surface area (Å²) in [5.74, 6) is -0.499. The third-order valence-electron chi connectivity index (χ3n) is 3.44. The largest absolute Gasteiger partial charge is 0.463 e. The molecule has 1 N–H and O–H groups in total. The van der Waals surface area contributed by atoms with Gasteiger partial charge in [-0.1, -0.05) is 11.3 Å². The van der Waals surface area contributed by atoms with Gasteiger partial charge in [0.05, 0.1) is 18.6 Å². The highest BCUT2D eigenvalue weighted by Crippen LogP contribution is 2.23. The SMILES string of the molecule is CCOC(=O)c1sc(NC(=O)Cn2nc(-c3ccco3)ccc2=O)nc1C. The van der Waals surface area contributed by atoms with Crippen molar-refractivity contribution in [1.82, 2.24) is 14.8 Å². The number of carbonyl (C=O) groups excluding carboxylic acids is 2. The lowest BCUT2D eigenvalue weighted by atomic mass is 10.3. The average Bonchev–Trinajstić information content (AvgIpc) is 3.27. The van der Waals surface area contributed by atoms with E-state index in [1.54, 1.807) is 26.0 Å². The minimum absolute atomic E-state index is 0.246. The molecule has 1 amide bonds. The van der Waals surface area contributed by atoms with Gasteiger partial charge in [0.15, 0.2) is 10.9 Å². The van der Waals surface area contributed by atoms with E-state index in [0.717, 1.165) is 16.0 Å². The van der Waals surface area contributed by atoms with Crippen molar-refractivity contribution in [2.75, 3.05) is 11.9 Å². The maximum Gasteiger partial charge on any atom is 0.350 e. The molecule has 0 radical (unpaired) electrons. The van der Waals surface area contributed by atoms with E-state index in [1.807, 2.05) is 0 Å². The van der Waals surface area contributed by atoms with Crippen LogP contribution < -0.4 is 10.9 Å². The summed E-state index contributed by atoms with van der Waals surface area (Å²) in [5.41, 5.74) is 0.467. The minimum Gasteiger partial charge on any atom is -0.463 e. The topological polar surface area (TPSA) is 116 Å². The second-order valence-electron chi connectivity index (χ2n) is 5.39. The Balaban J connectivity index is 1.73. The van der Waals surface area contributed by atoms with Crippen LogP contribution in [-0.4, -0.2) is 33.2 Å². The third-order valence-corrected chi connectivity index (χ3v) is 4.49. The first-order valence-electron chi connectivity index (χ1n) is 8.04. The van der Waals surface area contributed by atoms with E-state index in [2.05, 4.69) is 15.4 Å². The second-order valence-corrected chi connectivity index (χ2v) is 6.39. The van der Waals surface area contributed by atoms with Crippen molar-refractivity contribution >= 4 is 28.3 Å². The van der Waals surface area contributed by atoms with Crippen LogP contribution in [0.25, 0.3) is 11.5 Å². The third kappa shape index (κ3) is 4.29. The lowest BCUT2D eigenvalue weighted by molar-refractivity contribution is -0.117. The Morgan fingerprint density at radius 3 is 2.85 bits per heavy atom. The van der Waals surface area contributed by atoms with Crippen molar-refractivity contribution < 1.29 is 18.7 Å². The molecule has 3 heterocycles. The van der Waals surface area contributed by atoms with Gasteiger partial charge in [-0.2, -0.15) is 5.10 Å². The Morgan fingerprint density at radius 2 is 2.15 bits per heavy atom. The van der Waals surface area contributed by atoms with Crippen molar-refractivity contribution in [3.63, 3.8) is 0 Å². The van der Waals surface area contributed by atoms with Crippen LogP contribution in [0.4, 0.5) is 5.13 Å². The van der Waals surface area contributed by atoms with Gasteiger partial charge in [-0.15, -0.1) is 0 Å². The molecule has 27 heavy (non-hydrogen) atoms. The van der Waals surface area contributed by atoms with Gasteiger partial charge in [-0.25, -0.2) is 14.5 Å². The van der Waals surface area contributed by atoms with Crippen molar-refractivity contribution in [2.24, 2.45) is 0 Å². The van der Waals surface area contributed by atoms with Crippen molar-refractivity contribution in [2.45, 2.75) is 20.4 Å². The number of nitrogens with zero attached hydrogens (tertiary/aromatic N) is 3. The number of amides is 1. The highest BCUT2D eigenvalue weighted by atomic mass is 32.1. The van der Waals surface area contributed by atoms with E-state index >= 15 is 0 Å². The molecule has 0 fully saturated rings. The van der Waals surface area contributed by atoms with Crippen LogP contribution in [-0.2, 0) is 16.1 Å². The Labute approximate surface area is 157 Å². The molecular weight excluding hydrogens is 372 g/mol. The summed E-state index contributed by atoms with van der Waals surface area (Å²) in [7, 11) is 0. The van der Waals surface area contributed by atoms with Crippen LogP contribution in [0.5, 0.6) is 0 Å². The standard InChI is InChI=1S/C17H16N4O5S/c1-3-25-16(24)15-10(2)18-17(27-15)19-13(22)9-21-14(23)7-6-11(20-21)12-5-4-8-26-12/h4-8H,3,9H2,1-2H3,(H,18,19,22). The predicted octanol–water partition coefficient (Wildman–Crippen LogP) is 2.08. The summed E-state index contributed by atoms with van der Waals surface area (Å²) in [4.78, 5) is 40.5. The number of hydrogen-bond donors (Lipinski definition) is 1. The van der Waals surface area contributed by atoms with Gasteiger partial charge in [-0.3, -0.25) is 9.59 Å². The van der Waals surface area contributed by atoms with Crippen LogP contribution in [0.1, 0.15) is 22.3 Å². The first-order valence-corrected chi connectivity index (χ1v) is 8.86. The lowest BCUT2D eigenvalue weighted by Gasteiger charge is -2.05. The number of nitrogens with one attached hydrogen (secondary N) is 1. The molecule has 10 heteroatoms. The van der Waals surface area contributed by atoms with Crippen LogP contribution >= 0.6 is 11.3 Å². The zero-order valence-corrected chi connectivity index (χ0v) is 15.4. The summed E-state index contributed by atoms with van der Waals surface area (Å²) in [5, 5.41) is 6.94. The molecule has 140 valence electrons. The fraction of sp³-hybridized carbons (Fsp3) is 0.235. The number of ether oxygens (including phenoxy) is 1. The van der Waals surface area contributed by atoms with Crippen molar-refractivity contribution in [3.8, 4) is 11.5 Å². The molecule has 9 nitrogen and oxygen atoms in total. The summed E-state index contributed by atoms with van der Waals surface area (Å²) in [6, 6.07) is 6.23. The number of aromatic nitrogens is 3. The molecule has 0 saturated carbocycles. The number of rotatable bonds is 6. The lowest BCUT2D eigenvalue weighted by Crippen LogP contribution is -2.29. The number of anilines is 1. The summed E-state index contributed by atoms with van der Waals surface area (Å²) >= 11 is 1.01. The van der Waals surface area contributed by atoms with Crippen molar-refractivity contribution in [3.05, 3.63) is 51.5 Å². The molecule has 0 aliphatic heterocycles. The monoisotopic (exact) mass is 388 g/mol. The average molecular weight is 388 g/mol. The molecule has 3 rings (SSSR count). The molecule has 0 spiro atoms. The van der Waals surface area contributed by atoms with E-state index in [1.165, 1.54) is 18.4 Å². The predicted molar refractivity (Wildman–Crippen MR) is 97.6 cm³/mol. The maximum atomic E-state index is 12.3. The minimum atomic E-state index is -0.495. The molecule has 0 atom stereocenters. The van der Waals surface area contributed by atoms with E-state index in [9.17, 15) is 14.4 Å². The molecule has 0 saturated heterocycles. The van der Waals surface area contributed by atoms with Gasteiger partial charge in [-0.05, 0) is 32.0 Å². The Hall–Kier alpha value is -3.27. The molecule has 0 unspecified atom stereocenters. The molecular formula is C17H16N4O5S. The number of carbonyl (C=O) groups is 2. The number of esters is 1. The molecule has 3 aromatic rings. The van der Waals surface area contributed by atoms with E-state index in [4.69, 9.17) is 9.15 Å². The fourth-order valence-corrected chi connectivity index (χ4v) is 3.13. The summed E-state index contributed by atoms with van der Waals surface area (Å²) in [6.07, 6.45) is 1.49. The molecule has 0 bridgehead atoms. The first-order chi connectivity index (χ1) is 13.0. The maximum absolute atomic E-state index is 12.3. The number of thiazole rings is 1. The van der Waals surface area contributed by atoms with Crippen LogP contribution in [0.3, 0.4) is 0 Å². The molecule has 0 aromatic carbocycles. The Bertz CT molecular complexity index is 1020. The number of furan rings is 1. The highest BCUT2D eigenvalue weighted by Gasteiger charge is 2.18. The number of hydrogen-bond acceptors (Lipinski definition) is 8. The van der Waals surface area contributed by atoms with E-state index in [-0.39, 0.29) is 18.3 Å². The Kier molecular flexibility index (Phi) is 5.46. The smallest absolute Gasteiger partial charge is 0.350 e. The van der Waals surface area contributed by atoms with Gasteiger partial charge in [0.1, 0.15) is 17.1 Å². The van der Waals surface area contributed by atoms with Crippen LogP contribution in [0.15, 0.2) is 39.7 Å². The molecule has 0 aliphatic rings. The first kappa shape index (κ1) is 18.5. The Morgan fingerprint density at radius 1 is 1.33 bits per heavy atom. The van der Waals surface area contributed by atoms with Gasteiger partial charge in [0, 0.05) is 6.07 Å². The highest BCUT2D eigenvalue weighted by molar-refractivity contribution is 7.17. The van der Waals surface area contributed by atoms with Gasteiger partial charge in [0.2, 0.25) is 5.91 Å². The van der Waals surface area contributed by atoms with Gasteiger partial charge >= 0.3 is 5.97 Å². The summed E-state index contributed by atoms with van der Waals surface area (Å²) in [6.45, 7) is 3.30. The van der Waals surface area contributed by atoms with E-state index in [0.29, 0.717) is 22.0 Å². The summed E-state index contributed by atoms with van der Waals surface area (Å²) < 4.78 is 11.2. The van der Waals surface area contributed by atoms with Crippen LogP contribution in [0.2, 0.25) is 0 Å². The quantitative estimate of drug-likeness (QED) is 0.643. The van der Waals surface area contributed by atoms with E-state index < -0.39 is 17.4 Å². The van der Waals surface area contributed by atoms with Crippen LogP contribution in [0, 0.1) is 6.92 Å². The number of aryl methyl sites for hydroxylation is 1. The van der Waals surface area contributed by atoms with Crippen molar-refractivity contribution in [1.29, 1.82) is 0 Å². The van der Waals surface area contributed by atoms with Gasteiger partial charge < -0.3 is 14.5 Å². The molecule has 0 aliphatic carbocycles. The molecule has 3 aromatic heterocycles. The fourth-order valence-electron chi connectivity index (χ4n) is 2.25. The zero-order valence-electron chi connectivity index (χ0n) is 14.6. The normalized spacial score (nSPS) is 10.6. The second kappa shape index (κ2) is 7.96. The van der Waals surface area contributed by atoms with Gasteiger partial charge in [0.25, 0.3) is 5.56 Å². The zero-order chi connectivity index (χ0) is 19.4.